The van der Waals surface area contributed by atoms with E-state index in [1.165, 1.54) is 4.90 Å². The Kier molecular flexibility index (Phi) is 5.69. The average Bonchev–Trinajstić information content (AvgIpc) is 2.48. The van der Waals surface area contributed by atoms with Gasteiger partial charge in [-0.15, -0.1) is 0 Å². The van der Waals surface area contributed by atoms with E-state index in [1.54, 1.807) is 0 Å². The molecule has 0 amide bonds. The molecular weight excluding hydrogens is 233 g/mol. The van der Waals surface area contributed by atoms with Crippen LogP contribution in [0.5, 0.6) is 0 Å². The molecule has 1 fully saturated rings. The van der Waals surface area contributed by atoms with Crippen LogP contribution in [0.4, 0.5) is 13.2 Å². The topological polar surface area (TPSA) is 49.5 Å². The summed E-state index contributed by atoms with van der Waals surface area (Å²) in [6.45, 7) is 0.200. The van der Waals surface area contributed by atoms with Crippen LogP contribution in [0.2, 0.25) is 0 Å². The lowest BCUT2D eigenvalue weighted by atomic mass is 10.1. The maximum absolute atomic E-state index is 13.0. The molecule has 0 aromatic heterocycles. The van der Waals surface area contributed by atoms with Gasteiger partial charge >= 0.3 is 6.18 Å². The Balaban J connectivity index is 2.80. The lowest BCUT2D eigenvalue weighted by Crippen LogP contribution is -2.52. The van der Waals surface area contributed by atoms with Crippen LogP contribution in [0, 0.1) is 0 Å². The van der Waals surface area contributed by atoms with Gasteiger partial charge in [-0.05, 0) is 32.4 Å². The molecule has 1 aliphatic heterocycles. The fourth-order valence-electron chi connectivity index (χ4n) is 2.48. The molecule has 0 radical (unpaired) electrons. The van der Waals surface area contributed by atoms with Crippen LogP contribution in [0.15, 0.2) is 0 Å². The van der Waals surface area contributed by atoms with Gasteiger partial charge in [0.2, 0.25) is 0 Å². The zero-order chi connectivity index (χ0) is 12.9. The van der Waals surface area contributed by atoms with E-state index in [4.69, 9.17) is 5.73 Å². The molecule has 6 heteroatoms. The van der Waals surface area contributed by atoms with Crippen molar-refractivity contribution in [3.05, 3.63) is 0 Å². The smallest absolute Gasteiger partial charge is 0.395 e. The zero-order valence-corrected chi connectivity index (χ0v) is 9.92. The third kappa shape index (κ3) is 4.12. The number of halogens is 3. The summed E-state index contributed by atoms with van der Waals surface area (Å²) in [7, 11) is 0. The van der Waals surface area contributed by atoms with Crippen LogP contribution in [0.1, 0.15) is 32.1 Å². The van der Waals surface area contributed by atoms with Gasteiger partial charge in [-0.2, -0.15) is 13.2 Å². The van der Waals surface area contributed by atoms with E-state index in [0.717, 1.165) is 19.3 Å². The number of nitrogens with two attached hydrogens (primary N) is 1. The van der Waals surface area contributed by atoms with Crippen molar-refractivity contribution in [3.63, 3.8) is 0 Å². The minimum atomic E-state index is -4.27. The standard InChI is InChI=1S/C11H21F3N2O/c12-11(13,14)10(5-6-15)16-7-3-1-2-4-9(16)8-17/h9-10,17H,1-8,15H2. The average molecular weight is 254 g/mol. The van der Waals surface area contributed by atoms with E-state index < -0.39 is 12.2 Å². The monoisotopic (exact) mass is 254 g/mol. The summed E-state index contributed by atoms with van der Waals surface area (Å²) in [6.07, 6.45) is -1.16. The molecule has 0 aromatic rings. The third-order valence-electron chi connectivity index (χ3n) is 3.35. The summed E-state index contributed by atoms with van der Waals surface area (Å²) in [5.74, 6) is 0. The molecular formula is C11H21F3N2O. The molecule has 3 N–H and O–H groups in total. The van der Waals surface area contributed by atoms with Gasteiger partial charge < -0.3 is 10.8 Å². The highest BCUT2D eigenvalue weighted by Gasteiger charge is 2.44. The van der Waals surface area contributed by atoms with Crippen LogP contribution in [0.25, 0.3) is 0 Å². The summed E-state index contributed by atoms with van der Waals surface area (Å²) in [4.78, 5) is 1.40. The molecule has 0 aromatic carbocycles. The maximum atomic E-state index is 13.0. The van der Waals surface area contributed by atoms with Crippen LogP contribution in [0.3, 0.4) is 0 Å². The van der Waals surface area contributed by atoms with Gasteiger partial charge in [0.15, 0.2) is 0 Å². The lowest BCUT2D eigenvalue weighted by molar-refractivity contribution is -0.192. The Bertz CT molecular complexity index is 223. The third-order valence-corrected chi connectivity index (χ3v) is 3.35. The Labute approximate surface area is 99.8 Å². The van der Waals surface area contributed by atoms with E-state index in [1.807, 2.05) is 0 Å². The summed E-state index contributed by atoms with van der Waals surface area (Å²) < 4.78 is 38.9. The highest BCUT2D eigenvalue weighted by molar-refractivity contribution is 4.86. The van der Waals surface area contributed by atoms with Crippen molar-refractivity contribution >= 4 is 0 Å². The summed E-state index contributed by atoms with van der Waals surface area (Å²) in [5.41, 5.74) is 5.27. The molecule has 17 heavy (non-hydrogen) atoms. The molecule has 1 heterocycles. The van der Waals surface area contributed by atoms with Gasteiger partial charge in [0, 0.05) is 6.04 Å². The minimum Gasteiger partial charge on any atom is -0.395 e. The second-order valence-electron chi connectivity index (χ2n) is 4.56. The number of aliphatic hydroxyl groups is 1. The van der Waals surface area contributed by atoms with E-state index in [0.29, 0.717) is 13.0 Å². The van der Waals surface area contributed by atoms with Crippen molar-refractivity contribution in [1.29, 1.82) is 0 Å². The molecule has 0 aliphatic carbocycles. The summed E-state index contributed by atoms with van der Waals surface area (Å²) in [6, 6.07) is -1.89. The quantitative estimate of drug-likeness (QED) is 0.799. The molecule has 3 nitrogen and oxygen atoms in total. The van der Waals surface area contributed by atoms with Crippen molar-refractivity contribution in [3.8, 4) is 0 Å². The lowest BCUT2D eigenvalue weighted by Gasteiger charge is -2.37. The van der Waals surface area contributed by atoms with E-state index in [9.17, 15) is 18.3 Å². The first-order chi connectivity index (χ1) is 8.00. The van der Waals surface area contributed by atoms with E-state index in [-0.39, 0.29) is 25.6 Å². The zero-order valence-electron chi connectivity index (χ0n) is 9.92. The minimum absolute atomic E-state index is 0.0127. The SMILES string of the molecule is NCCC(N1CCCCCC1CO)C(F)(F)F. The predicted octanol–water partition coefficient (Wildman–Crippen LogP) is 1.50. The Morgan fingerprint density at radius 2 is 2.00 bits per heavy atom. The summed E-state index contributed by atoms with van der Waals surface area (Å²) >= 11 is 0. The van der Waals surface area contributed by atoms with Crippen LogP contribution in [-0.2, 0) is 0 Å². The molecule has 0 saturated carbocycles. The molecule has 0 bridgehead atoms. The van der Waals surface area contributed by atoms with Gasteiger partial charge in [-0.25, -0.2) is 0 Å². The van der Waals surface area contributed by atoms with Crippen molar-refractivity contribution in [2.75, 3.05) is 19.7 Å². The number of hydrogen-bond acceptors (Lipinski definition) is 3. The van der Waals surface area contributed by atoms with Crippen molar-refractivity contribution in [2.24, 2.45) is 5.73 Å². The second-order valence-corrected chi connectivity index (χ2v) is 4.56. The molecule has 1 aliphatic rings. The van der Waals surface area contributed by atoms with Gasteiger partial charge in [-0.1, -0.05) is 12.8 Å². The number of likely N-dealkylation sites (tertiary alicyclic amines) is 1. The van der Waals surface area contributed by atoms with E-state index >= 15 is 0 Å². The van der Waals surface area contributed by atoms with Crippen LogP contribution in [-0.4, -0.2) is 48.0 Å². The number of nitrogens with zero attached hydrogens (tertiary/aromatic N) is 1. The first kappa shape index (κ1) is 14.7. The maximum Gasteiger partial charge on any atom is 0.404 e. The second kappa shape index (κ2) is 6.56. The number of alkyl halides is 3. The Hall–Kier alpha value is -0.330. The number of aliphatic hydroxyl groups excluding tert-OH is 1. The first-order valence-electron chi connectivity index (χ1n) is 6.14. The number of hydrogen-bond donors (Lipinski definition) is 2. The van der Waals surface area contributed by atoms with Gasteiger partial charge in [-0.3, -0.25) is 4.90 Å². The van der Waals surface area contributed by atoms with Crippen LogP contribution >= 0.6 is 0 Å². The van der Waals surface area contributed by atoms with Crippen molar-refractivity contribution in [1.82, 2.24) is 4.90 Å². The molecule has 1 saturated heterocycles. The van der Waals surface area contributed by atoms with Crippen molar-refractivity contribution in [2.45, 2.75) is 50.4 Å². The van der Waals surface area contributed by atoms with Crippen LogP contribution < -0.4 is 5.73 Å². The fourth-order valence-corrected chi connectivity index (χ4v) is 2.48. The largest absolute Gasteiger partial charge is 0.404 e. The van der Waals surface area contributed by atoms with Gasteiger partial charge in [0.25, 0.3) is 0 Å². The molecule has 1 rings (SSSR count). The normalized spacial score (nSPS) is 25.6. The Morgan fingerprint density at radius 1 is 1.29 bits per heavy atom. The highest BCUT2D eigenvalue weighted by atomic mass is 19.4. The Morgan fingerprint density at radius 3 is 2.53 bits per heavy atom. The predicted molar refractivity (Wildman–Crippen MR) is 59.6 cm³/mol. The first-order valence-corrected chi connectivity index (χ1v) is 6.14. The molecule has 102 valence electrons. The van der Waals surface area contributed by atoms with Gasteiger partial charge in [0.05, 0.1) is 6.61 Å². The summed E-state index contributed by atoms with van der Waals surface area (Å²) in [5, 5.41) is 9.23. The highest BCUT2D eigenvalue weighted by Crippen LogP contribution is 2.31. The van der Waals surface area contributed by atoms with Crippen molar-refractivity contribution < 1.29 is 18.3 Å². The fraction of sp³-hybridized carbons (Fsp3) is 1.00. The molecule has 2 unspecified atom stereocenters. The van der Waals surface area contributed by atoms with E-state index in [2.05, 4.69) is 0 Å². The molecule has 0 spiro atoms. The molecule has 2 atom stereocenters. The van der Waals surface area contributed by atoms with Gasteiger partial charge in [0.1, 0.15) is 6.04 Å². The number of rotatable bonds is 4.